The molecule has 1 aliphatic rings. The summed E-state index contributed by atoms with van der Waals surface area (Å²) in [6, 6.07) is 8.41. The van der Waals surface area contributed by atoms with Crippen molar-refractivity contribution in [1.29, 1.82) is 0 Å². The minimum Gasteiger partial charge on any atom is -0.504 e. The van der Waals surface area contributed by atoms with Crippen LogP contribution in [0.3, 0.4) is 0 Å². The van der Waals surface area contributed by atoms with E-state index in [-0.39, 0.29) is 24.0 Å². The molecule has 0 fully saturated rings. The number of aliphatic hydroxyl groups excluding tert-OH is 1. The van der Waals surface area contributed by atoms with Gasteiger partial charge in [0.1, 0.15) is 6.10 Å². The van der Waals surface area contributed by atoms with Crippen molar-refractivity contribution in [3.63, 3.8) is 0 Å². The zero-order chi connectivity index (χ0) is 18.7. The highest BCUT2D eigenvalue weighted by molar-refractivity contribution is 5.62. The first-order chi connectivity index (χ1) is 12.6. The van der Waals surface area contributed by atoms with E-state index in [1.165, 1.54) is 13.2 Å². The fraction of sp³-hybridized carbons (Fsp3) is 0.300. The Labute approximate surface area is 151 Å². The molecule has 0 radical (unpaired) electrons. The third-order valence-corrected chi connectivity index (χ3v) is 4.43. The van der Waals surface area contributed by atoms with Gasteiger partial charge < -0.3 is 29.5 Å². The Kier molecular flexibility index (Phi) is 5.35. The number of phenols is 2. The van der Waals surface area contributed by atoms with Gasteiger partial charge in [0, 0.05) is 12.7 Å². The second-order valence-corrected chi connectivity index (χ2v) is 6.07. The monoisotopic (exact) mass is 358 g/mol. The van der Waals surface area contributed by atoms with E-state index >= 15 is 0 Å². The van der Waals surface area contributed by atoms with E-state index in [1.807, 2.05) is 18.2 Å². The lowest BCUT2D eigenvalue weighted by Crippen LogP contribution is -2.13. The van der Waals surface area contributed by atoms with Crippen LogP contribution in [0, 0.1) is 0 Å². The average Bonchev–Trinajstić information content (AvgIpc) is 3.01. The van der Waals surface area contributed by atoms with E-state index in [2.05, 4.69) is 0 Å². The molecular weight excluding hydrogens is 336 g/mol. The molecule has 0 unspecified atom stereocenters. The number of ether oxygens (including phenoxy) is 3. The number of hydrogen-bond donors (Lipinski definition) is 3. The highest BCUT2D eigenvalue weighted by Gasteiger charge is 2.37. The van der Waals surface area contributed by atoms with Gasteiger partial charge in [-0.05, 0) is 35.4 Å². The van der Waals surface area contributed by atoms with Crippen molar-refractivity contribution in [3.8, 4) is 23.0 Å². The van der Waals surface area contributed by atoms with Gasteiger partial charge in [-0.3, -0.25) is 0 Å². The van der Waals surface area contributed by atoms with Crippen LogP contribution < -0.4 is 9.47 Å². The van der Waals surface area contributed by atoms with Gasteiger partial charge in [-0.1, -0.05) is 18.2 Å². The maximum absolute atomic E-state index is 10.4. The standard InChI is InChI=1S/C20H22O6/c1-24-7-3-4-12-8-14-15(11-21)19(26-20(14)17(23)9-12)13-5-6-16(22)18(10-13)25-2/h3-6,8-10,15,19,21-23H,7,11H2,1-2H3/t15-,19+/m1/s1. The van der Waals surface area contributed by atoms with E-state index in [0.29, 0.717) is 18.1 Å². The van der Waals surface area contributed by atoms with Crippen LogP contribution in [-0.2, 0) is 4.74 Å². The van der Waals surface area contributed by atoms with Gasteiger partial charge in [0.2, 0.25) is 0 Å². The van der Waals surface area contributed by atoms with Crippen molar-refractivity contribution in [2.45, 2.75) is 12.0 Å². The molecule has 6 nitrogen and oxygen atoms in total. The van der Waals surface area contributed by atoms with Crippen LogP contribution in [0.2, 0.25) is 0 Å². The number of aliphatic hydroxyl groups is 1. The molecule has 3 rings (SSSR count). The summed E-state index contributed by atoms with van der Waals surface area (Å²) in [6.07, 6.45) is 3.19. The van der Waals surface area contributed by atoms with Gasteiger partial charge in [0.05, 0.1) is 26.2 Å². The zero-order valence-electron chi connectivity index (χ0n) is 14.7. The molecule has 0 amide bonds. The number of fused-ring (bicyclic) bond motifs is 1. The molecule has 1 aliphatic heterocycles. The molecule has 0 aromatic heterocycles. The summed E-state index contributed by atoms with van der Waals surface area (Å²) in [5.41, 5.74) is 2.27. The Hall–Kier alpha value is -2.70. The van der Waals surface area contributed by atoms with Gasteiger partial charge in [0.25, 0.3) is 0 Å². The second kappa shape index (κ2) is 7.68. The van der Waals surface area contributed by atoms with E-state index in [1.54, 1.807) is 25.3 Å². The fourth-order valence-electron chi connectivity index (χ4n) is 3.18. The number of rotatable bonds is 6. The summed E-state index contributed by atoms with van der Waals surface area (Å²) in [5, 5.41) is 30.1. The van der Waals surface area contributed by atoms with Crippen molar-refractivity contribution in [3.05, 3.63) is 53.1 Å². The molecule has 26 heavy (non-hydrogen) atoms. The van der Waals surface area contributed by atoms with Crippen molar-refractivity contribution in [2.24, 2.45) is 0 Å². The molecule has 0 aliphatic carbocycles. The predicted octanol–water partition coefficient (Wildman–Crippen LogP) is 2.98. The maximum Gasteiger partial charge on any atom is 0.165 e. The largest absolute Gasteiger partial charge is 0.504 e. The molecule has 1 heterocycles. The highest BCUT2D eigenvalue weighted by Crippen LogP contribution is 2.51. The van der Waals surface area contributed by atoms with Crippen LogP contribution in [0.1, 0.15) is 28.7 Å². The number of methoxy groups -OCH3 is 2. The van der Waals surface area contributed by atoms with Gasteiger partial charge in [-0.25, -0.2) is 0 Å². The van der Waals surface area contributed by atoms with E-state index in [9.17, 15) is 15.3 Å². The zero-order valence-corrected chi connectivity index (χ0v) is 14.7. The average molecular weight is 358 g/mol. The van der Waals surface area contributed by atoms with Crippen molar-refractivity contribution >= 4 is 6.08 Å². The molecule has 0 saturated heterocycles. The van der Waals surface area contributed by atoms with Crippen molar-refractivity contribution in [1.82, 2.24) is 0 Å². The third kappa shape index (κ3) is 3.34. The number of phenolic OH excluding ortho intramolecular Hbond substituents is 2. The molecule has 2 atom stereocenters. The topological polar surface area (TPSA) is 88.4 Å². The first-order valence-corrected chi connectivity index (χ1v) is 8.25. The Balaban J connectivity index is 1.97. The Morgan fingerprint density at radius 3 is 2.62 bits per heavy atom. The maximum atomic E-state index is 10.4. The second-order valence-electron chi connectivity index (χ2n) is 6.07. The fourth-order valence-corrected chi connectivity index (χ4v) is 3.18. The normalized spacial score (nSPS) is 18.7. The predicted molar refractivity (Wildman–Crippen MR) is 96.9 cm³/mol. The van der Waals surface area contributed by atoms with Crippen LogP contribution in [0.15, 0.2) is 36.4 Å². The lowest BCUT2D eigenvalue weighted by atomic mass is 9.90. The first kappa shape index (κ1) is 18.1. The number of aromatic hydroxyl groups is 2. The molecule has 0 spiro atoms. The smallest absolute Gasteiger partial charge is 0.165 e. The van der Waals surface area contributed by atoms with Crippen molar-refractivity contribution in [2.75, 3.05) is 27.4 Å². The summed E-state index contributed by atoms with van der Waals surface area (Å²) in [5.74, 6) is 0.393. The Morgan fingerprint density at radius 1 is 1.12 bits per heavy atom. The minimum absolute atomic E-state index is 0.0197. The van der Waals surface area contributed by atoms with Crippen LogP contribution in [0.5, 0.6) is 23.0 Å². The molecule has 3 N–H and O–H groups in total. The van der Waals surface area contributed by atoms with Gasteiger partial charge in [-0.15, -0.1) is 0 Å². The summed E-state index contributed by atoms with van der Waals surface area (Å²) < 4.78 is 16.1. The SMILES string of the molecule is COCC=Cc1cc(O)c2c(c1)[C@@H](CO)[C@H](c1ccc(O)c(OC)c1)O2. The van der Waals surface area contributed by atoms with Crippen LogP contribution in [-0.4, -0.2) is 42.8 Å². The number of benzene rings is 2. The van der Waals surface area contributed by atoms with E-state index in [4.69, 9.17) is 14.2 Å². The van der Waals surface area contributed by atoms with Gasteiger partial charge in [-0.2, -0.15) is 0 Å². The molecule has 0 saturated carbocycles. The van der Waals surface area contributed by atoms with E-state index in [0.717, 1.165) is 16.7 Å². The van der Waals surface area contributed by atoms with Gasteiger partial charge >= 0.3 is 0 Å². The molecule has 2 aromatic rings. The molecule has 138 valence electrons. The molecule has 2 aromatic carbocycles. The highest BCUT2D eigenvalue weighted by atomic mass is 16.5. The van der Waals surface area contributed by atoms with Crippen molar-refractivity contribution < 1.29 is 29.5 Å². The molecule has 0 bridgehead atoms. The lowest BCUT2D eigenvalue weighted by molar-refractivity contribution is 0.157. The molecule has 6 heteroatoms. The summed E-state index contributed by atoms with van der Waals surface area (Å²) in [4.78, 5) is 0. The van der Waals surface area contributed by atoms with E-state index < -0.39 is 6.10 Å². The number of hydrogen-bond acceptors (Lipinski definition) is 6. The van der Waals surface area contributed by atoms with Gasteiger partial charge in [0.15, 0.2) is 23.0 Å². The Bertz CT molecular complexity index is 814. The lowest BCUT2D eigenvalue weighted by Gasteiger charge is -2.18. The quantitative estimate of drug-likeness (QED) is 0.736. The Morgan fingerprint density at radius 2 is 1.92 bits per heavy atom. The first-order valence-electron chi connectivity index (χ1n) is 8.25. The molecular formula is C20H22O6. The summed E-state index contributed by atoms with van der Waals surface area (Å²) >= 11 is 0. The summed E-state index contributed by atoms with van der Waals surface area (Å²) in [6.45, 7) is 0.319. The van der Waals surface area contributed by atoms with Crippen LogP contribution in [0.4, 0.5) is 0 Å². The minimum atomic E-state index is -0.492. The van der Waals surface area contributed by atoms with Crippen LogP contribution >= 0.6 is 0 Å². The summed E-state index contributed by atoms with van der Waals surface area (Å²) in [7, 11) is 3.08. The van der Waals surface area contributed by atoms with Crippen LogP contribution in [0.25, 0.3) is 6.08 Å². The third-order valence-electron chi connectivity index (χ3n) is 4.43.